The van der Waals surface area contributed by atoms with E-state index in [1.54, 1.807) is 0 Å². The number of nitrogens with one attached hydrogen (secondary N) is 1. The maximum Gasteiger partial charge on any atom is 0.138 e. The molecule has 1 N–H and O–H groups in total. The molecule has 1 aromatic carbocycles. The van der Waals surface area contributed by atoms with E-state index in [1.807, 2.05) is 25.1 Å². The van der Waals surface area contributed by atoms with Crippen LogP contribution in [0.2, 0.25) is 5.02 Å². The van der Waals surface area contributed by atoms with Crippen LogP contribution in [0.15, 0.2) is 18.2 Å². The molecule has 0 saturated heterocycles. The van der Waals surface area contributed by atoms with Gasteiger partial charge in [0.05, 0.1) is 11.6 Å². The molecule has 102 valence electrons. The molecular weight excluding hydrogens is 246 g/mol. The zero-order valence-corrected chi connectivity index (χ0v) is 12.4. The van der Waals surface area contributed by atoms with E-state index in [4.69, 9.17) is 16.3 Å². The summed E-state index contributed by atoms with van der Waals surface area (Å²) in [5, 5.41) is 4.21. The minimum Gasteiger partial charge on any atom is -0.492 e. The topological polar surface area (TPSA) is 21.3 Å². The minimum absolute atomic E-state index is 0.527. The highest BCUT2D eigenvalue weighted by Gasteiger charge is 2.07. The van der Waals surface area contributed by atoms with Crippen molar-refractivity contribution in [2.45, 2.75) is 52.5 Å². The molecule has 0 aromatic heterocycles. The molecular formula is C15H24ClNO. The van der Waals surface area contributed by atoms with Crippen LogP contribution >= 0.6 is 11.6 Å². The maximum absolute atomic E-state index is 6.17. The summed E-state index contributed by atoms with van der Waals surface area (Å²) in [5.74, 6) is 0.756. The van der Waals surface area contributed by atoms with Crippen molar-refractivity contribution in [1.29, 1.82) is 0 Å². The second kappa shape index (κ2) is 8.25. The van der Waals surface area contributed by atoms with E-state index < -0.39 is 0 Å². The predicted octanol–water partition coefficient (Wildman–Crippen LogP) is 5.12. The van der Waals surface area contributed by atoms with E-state index in [9.17, 15) is 0 Å². The summed E-state index contributed by atoms with van der Waals surface area (Å²) >= 11 is 6.17. The molecule has 0 fully saturated rings. The van der Waals surface area contributed by atoms with Gasteiger partial charge in [0.1, 0.15) is 5.75 Å². The van der Waals surface area contributed by atoms with Gasteiger partial charge in [0.15, 0.2) is 0 Å². The molecule has 0 amide bonds. The molecule has 0 aliphatic carbocycles. The third kappa shape index (κ3) is 4.77. The van der Waals surface area contributed by atoms with Crippen LogP contribution in [0.5, 0.6) is 5.75 Å². The normalized spacial score (nSPS) is 12.2. The highest BCUT2D eigenvalue weighted by atomic mass is 35.5. The lowest BCUT2D eigenvalue weighted by atomic mass is 10.1. The quantitative estimate of drug-likeness (QED) is 0.707. The van der Waals surface area contributed by atoms with Gasteiger partial charge in [0.25, 0.3) is 0 Å². The summed E-state index contributed by atoms with van der Waals surface area (Å²) in [7, 11) is 0. The third-order valence-electron chi connectivity index (χ3n) is 3.00. The minimum atomic E-state index is 0.527. The fraction of sp³-hybridized carbons (Fsp3) is 0.600. The van der Waals surface area contributed by atoms with Crippen molar-refractivity contribution in [3.05, 3.63) is 23.2 Å². The van der Waals surface area contributed by atoms with Gasteiger partial charge in [-0.3, -0.25) is 0 Å². The van der Waals surface area contributed by atoms with Crippen LogP contribution in [0.4, 0.5) is 5.69 Å². The maximum atomic E-state index is 6.17. The molecule has 2 nitrogen and oxygen atoms in total. The Bertz CT molecular complexity index is 354. The van der Waals surface area contributed by atoms with Gasteiger partial charge >= 0.3 is 0 Å². The zero-order valence-electron chi connectivity index (χ0n) is 11.6. The van der Waals surface area contributed by atoms with Crippen molar-refractivity contribution in [3.8, 4) is 5.75 Å². The smallest absolute Gasteiger partial charge is 0.138 e. The van der Waals surface area contributed by atoms with Crippen LogP contribution in [0.3, 0.4) is 0 Å². The summed E-state index contributed by atoms with van der Waals surface area (Å²) in [6.07, 6.45) is 4.83. The number of ether oxygens (including phenoxy) is 1. The molecule has 1 unspecified atom stereocenters. The Morgan fingerprint density at radius 3 is 2.61 bits per heavy atom. The van der Waals surface area contributed by atoms with E-state index in [-0.39, 0.29) is 0 Å². The van der Waals surface area contributed by atoms with Crippen molar-refractivity contribution in [2.75, 3.05) is 11.9 Å². The number of rotatable bonds is 8. The molecule has 3 heteroatoms. The number of unbranched alkanes of at least 4 members (excludes halogenated alkanes) is 1. The molecule has 0 bridgehead atoms. The number of hydrogen-bond donors (Lipinski definition) is 1. The fourth-order valence-corrected chi connectivity index (χ4v) is 2.16. The van der Waals surface area contributed by atoms with Crippen molar-refractivity contribution in [3.63, 3.8) is 0 Å². The first-order valence-electron chi connectivity index (χ1n) is 6.90. The van der Waals surface area contributed by atoms with E-state index >= 15 is 0 Å². The molecule has 1 atom stereocenters. The molecule has 18 heavy (non-hydrogen) atoms. The van der Waals surface area contributed by atoms with Crippen LogP contribution in [0.25, 0.3) is 0 Å². The largest absolute Gasteiger partial charge is 0.492 e. The Morgan fingerprint density at radius 1 is 1.28 bits per heavy atom. The average molecular weight is 270 g/mol. The van der Waals surface area contributed by atoms with Crippen LogP contribution < -0.4 is 10.1 Å². The van der Waals surface area contributed by atoms with Gasteiger partial charge in [-0.1, -0.05) is 38.3 Å². The van der Waals surface area contributed by atoms with E-state index in [0.29, 0.717) is 17.7 Å². The first-order chi connectivity index (χ1) is 8.71. The van der Waals surface area contributed by atoms with Gasteiger partial charge in [-0.2, -0.15) is 0 Å². The van der Waals surface area contributed by atoms with Gasteiger partial charge < -0.3 is 10.1 Å². The van der Waals surface area contributed by atoms with Crippen LogP contribution in [0, 0.1) is 0 Å². The summed E-state index contributed by atoms with van der Waals surface area (Å²) in [6, 6.07) is 6.44. The van der Waals surface area contributed by atoms with Gasteiger partial charge in [-0.05, 0) is 38.0 Å². The summed E-state index contributed by atoms with van der Waals surface area (Å²) < 4.78 is 5.43. The molecule has 1 aromatic rings. The van der Waals surface area contributed by atoms with E-state index in [1.165, 1.54) is 19.3 Å². The van der Waals surface area contributed by atoms with Gasteiger partial charge in [-0.15, -0.1) is 0 Å². The molecule has 1 rings (SSSR count). The molecule has 0 aliphatic rings. The van der Waals surface area contributed by atoms with Crippen molar-refractivity contribution in [2.24, 2.45) is 0 Å². The molecule has 0 aliphatic heterocycles. The SMILES string of the molecule is CCCCC(CC)Nc1ccc(OCC)c(Cl)c1. The Labute approximate surface area is 116 Å². The standard InChI is InChI=1S/C15H24ClNO/c1-4-7-8-12(5-2)17-13-9-10-15(18-6-3)14(16)11-13/h9-12,17H,4-8H2,1-3H3. The first-order valence-corrected chi connectivity index (χ1v) is 7.27. The Balaban J connectivity index is 2.63. The highest BCUT2D eigenvalue weighted by molar-refractivity contribution is 6.32. The first kappa shape index (κ1) is 15.2. The lowest BCUT2D eigenvalue weighted by Gasteiger charge is -2.18. The molecule has 0 heterocycles. The van der Waals surface area contributed by atoms with Crippen molar-refractivity contribution in [1.82, 2.24) is 0 Å². The number of hydrogen-bond acceptors (Lipinski definition) is 2. The van der Waals surface area contributed by atoms with Gasteiger partial charge in [0, 0.05) is 11.7 Å². The van der Waals surface area contributed by atoms with Crippen LogP contribution in [-0.4, -0.2) is 12.6 Å². The predicted molar refractivity (Wildman–Crippen MR) is 79.8 cm³/mol. The van der Waals surface area contributed by atoms with Gasteiger partial charge in [0.2, 0.25) is 0 Å². The molecule has 0 spiro atoms. The lowest BCUT2D eigenvalue weighted by Crippen LogP contribution is -2.18. The number of anilines is 1. The Hall–Kier alpha value is -0.890. The highest BCUT2D eigenvalue weighted by Crippen LogP contribution is 2.28. The number of benzene rings is 1. The summed E-state index contributed by atoms with van der Waals surface area (Å²) in [6.45, 7) is 7.03. The van der Waals surface area contributed by atoms with Crippen molar-refractivity contribution < 1.29 is 4.74 Å². The average Bonchev–Trinajstić information content (AvgIpc) is 2.37. The fourth-order valence-electron chi connectivity index (χ4n) is 1.93. The summed E-state index contributed by atoms with van der Waals surface area (Å²) in [4.78, 5) is 0. The zero-order chi connectivity index (χ0) is 13.4. The van der Waals surface area contributed by atoms with Gasteiger partial charge in [-0.25, -0.2) is 0 Å². The third-order valence-corrected chi connectivity index (χ3v) is 3.30. The molecule has 0 saturated carbocycles. The van der Waals surface area contributed by atoms with Crippen molar-refractivity contribution >= 4 is 17.3 Å². The van der Waals surface area contributed by atoms with E-state index in [2.05, 4.69) is 19.2 Å². The second-order valence-electron chi connectivity index (χ2n) is 4.47. The van der Waals surface area contributed by atoms with Crippen LogP contribution in [-0.2, 0) is 0 Å². The summed E-state index contributed by atoms with van der Waals surface area (Å²) in [5.41, 5.74) is 1.08. The monoisotopic (exact) mass is 269 g/mol. The van der Waals surface area contributed by atoms with Crippen LogP contribution in [0.1, 0.15) is 46.5 Å². The lowest BCUT2D eigenvalue weighted by molar-refractivity contribution is 0.340. The Kier molecular flexibility index (Phi) is 6.96. The number of halogens is 1. The Morgan fingerprint density at radius 2 is 2.06 bits per heavy atom. The molecule has 0 radical (unpaired) electrons. The van der Waals surface area contributed by atoms with E-state index in [0.717, 1.165) is 17.9 Å². The second-order valence-corrected chi connectivity index (χ2v) is 4.88.